The SMILES string of the molecule is O=C(NC1(c2ccccc2)CCC1)C1CCCC1. The van der Waals surface area contributed by atoms with E-state index >= 15 is 0 Å². The van der Waals surface area contributed by atoms with Gasteiger partial charge in [0.1, 0.15) is 0 Å². The van der Waals surface area contributed by atoms with Gasteiger partial charge in [0, 0.05) is 5.92 Å². The van der Waals surface area contributed by atoms with Crippen LogP contribution in [0.1, 0.15) is 50.5 Å². The molecular formula is C16H21NO. The van der Waals surface area contributed by atoms with Gasteiger partial charge in [0.25, 0.3) is 0 Å². The molecule has 0 spiro atoms. The lowest BCUT2D eigenvalue weighted by molar-refractivity contribution is -0.128. The number of nitrogens with one attached hydrogen (secondary N) is 1. The second-order valence-corrected chi connectivity index (χ2v) is 5.77. The van der Waals surface area contributed by atoms with Crippen LogP contribution >= 0.6 is 0 Å². The van der Waals surface area contributed by atoms with Crippen LogP contribution in [0.3, 0.4) is 0 Å². The van der Waals surface area contributed by atoms with E-state index in [0.717, 1.165) is 25.7 Å². The summed E-state index contributed by atoms with van der Waals surface area (Å²) in [6.45, 7) is 0. The quantitative estimate of drug-likeness (QED) is 0.866. The zero-order valence-corrected chi connectivity index (χ0v) is 10.8. The van der Waals surface area contributed by atoms with E-state index in [1.54, 1.807) is 0 Å². The van der Waals surface area contributed by atoms with Gasteiger partial charge in [-0.3, -0.25) is 4.79 Å². The van der Waals surface area contributed by atoms with Crippen molar-refractivity contribution in [1.82, 2.24) is 5.32 Å². The maximum atomic E-state index is 12.3. The molecule has 0 aliphatic heterocycles. The highest BCUT2D eigenvalue weighted by molar-refractivity contribution is 5.80. The van der Waals surface area contributed by atoms with Gasteiger partial charge < -0.3 is 5.32 Å². The molecule has 1 amide bonds. The molecule has 0 unspecified atom stereocenters. The number of amides is 1. The Bertz CT molecular complexity index is 416. The van der Waals surface area contributed by atoms with Crippen molar-refractivity contribution in [2.75, 3.05) is 0 Å². The van der Waals surface area contributed by atoms with E-state index in [2.05, 4.69) is 29.6 Å². The monoisotopic (exact) mass is 243 g/mol. The van der Waals surface area contributed by atoms with Crippen LogP contribution in [-0.4, -0.2) is 5.91 Å². The number of carbonyl (C=O) groups excluding carboxylic acids is 1. The first-order valence-corrected chi connectivity index (χ1v) is 7.18. The molecule has 2 aliphatic rings. The van der Waals surface area contributed by atoms with Crippen LogP contribution < -0.4 is 5.32 Å². The fourth-order valence-corrected chi connectivity index (χ4v) is 3.30. The summed E-state index contributed by atoms with van der Waals surface area (Å²) in [5, 5.41) is 3.35. The summed E-state index contributed by atoms with van der Waals surface area (Å²) in [5.74, 6) is 0.558. The van der Waals surface area contributed by atoms with E-state index in [0.29, 0.717) is 0 Å². The van der Waals surface area contributed by atoms with Gasteiger partial charge in [-0.2, -0.15) is 0 Å². The lowest BCUT2D eigenvalue weighted by Gasteiger charge is -2.43. The Labute approximate surface area is 109 Å². The van der Waals surface area contributed by atoms with Crippen LogP contribution in [0.25, 0.3) is 0 Å². The molecule has 2 heteroatoms. The first kappa shape index (κ1) is 11.8. The molecule has 0 atom stereocenters. The van der Waals surface area contributed by atoms with Gasteiger partial charge in [-0.25, -0.2) is 0 Å². The van der Waals surface area contributed by atoms with Gasteiger partial charge >= 0.3 is 0 Å². The van der Waals surface area contributed by atoms with Gasteiger partial charge in [0.05, 0.1) is 5.54 Å². The molecular weight excluding hydrogens is 222 g/mol. The molecule has 2 fully saturated rings. The minimum atomic E-state index is -0.0546. The van der Waals surface area contributed by atoms with E-state index in [1.807, 2.05) is 6.07 Å². The Morgan fingerprint density at radius 3 is 2.28 bits per heavy atom. The van der Waals surface area contributed by atoms with Crippen LogP contribution in [0.2, 0.25) is 0 Å². The second kappa shape index (κ2) is 4.75. The summed E-state index contributed by atoms with van der Waals surface area (Å²) in [5.41, 5.74) is 1.23. The Morgan fingerprint density at radius 1 is 1.06 bits per heavy atom. The smallest absolute Gasteiger partial charge is 0.223 e. The third-order valence-electron chi connectivity index (χ3n) is 4.62. The number of carbonyl (C=O) groups is 1. The van der Waals surface area contributed by atoms with Crippen LogP contribution in [0.5, 0.6) is 0 Å². The number of rotatable bonds is 3. The Morgan fingerprint density at radius 2 is 1.72 bits per heavy atom. The predicted octanol–water partition coefficient (Wildman–Crippen LogP) is 3.37. The van der Waals surface area contributed by atoms with Gasteiger partial charge in [-0.05, 0) is 37.7 Å². The molecule has 2 nitrogen and oxygen atoms in total. The van der Waals surface area contributed by atoms with Gasteiger partial charge in [0.15, 0.2) is 0 Å². The largest absolute Gasteiger partial charge is 0.346 e. The fraction of sp³-hybridized carbons (Fsp3) is 0.562. The maximum absolute atomic E-state index is 12.3. The Hall–Kier alpha value is -1.31. The summed E-state index contributed by atoms with van der Waals surface area (Å²) in [6.07, 6.45) is 8.01. The Kier molecular flexibility index (Phi) is 3.11. The molecule has 2 saturated carbocycles. The molecule has 18 heavy (non-hydrogen) atoms. The standard InChI is InChI=1S/C16H21NO/c18-15(13-7-4-5-8-13)17-16(11-6-12-16)14-9-2-1-3-10-14/h1-3,9-10,13H,4-8,11-12H2,(H,17,18). The van der Waals surface area contributed by atoms with E-state index in [-0.39, 0.29) is 17.4 Å². The maximum Gasteiger partial charge on any atom is 0.223 e. The first-order chi connectivity index (χ1) is 8.80. The van der Waals surface area contributed by atoms with Crippen molar-refractivity contribution in [2.24, 2.45) is 5.92 Å². The number of hydrogen-bond donors (Lipinski definition) is 1. The van der Waals surface area contributed by atoms with Crippen LogP contribution in [0, 0.1) is 5.92 Å². The van der Waals surface area contributed by atoms with E-state index in [4.69, 9.17) is 0 Å². The van der Waals surface area contributed by atoms with Gasteiger partial charge in [-0.1, -0.05) is 43.2 Å². The number of hydrogen-bond acceptors (Lipinski definition) is 1. The van der Waals surface area contributed by atoms with Crippen LogP contribution in [0.15, 0.2) is 30.3 Å². The van der Waals surface area contributed by atoms with Crippen molar-refractivity contribution < 1.29 is 4.79 Å². The molecule has 0 bridgehead atoms. The zero-order valence-electron chi connectivity index (χ0n) is 10.8. The van der Waals surface area contributed by atoms with E-state index < -0.39 is 0 Å². The third-order valence-corrected chi connectivity index (χ3v) is 4.62. The molecule has 0 saturated heterocycles. The molecule has 0 radical (unpaired) electrons. The van der Waals surface area contributed by atoms with Gasteiger partial charge in [-0.15, -0.1) is 0 Å². The lowest BCUT2D eigenvalue weighted by atomic mass is 9.71. The van der Waals surface area contributed by atoms with Crippen molar-refractivity contribution >= 4 is 5.91 Å². The van der Waals surface area contributed by atoms with Crippen LogP contribution in [-0.2, 0) is 10.3 Å². The summed E-state index contributed by atoms with van der Waals surface area (Å²) in [4.78, 5) is 12.3. The molecule has 0 heterocycles. The molecule has 0 aromatic heterocycles. The first-order valence-electron chi connectivity index (χ1n) is 7.18. The highest BCUT2D eigenvalue weighted by atomic mass is 16.2. The van der Waals surface area contributed by atoms with E-state index in [9.17, 15) is 4.79 Å². The topological polar surface area (TPSA) is 29.1 Å². The van der Waals surface area contributed by atoms with E-state index in [1.165, 1.54) is 24.8 Å². The third kappa shape index (κ3) is 2.05. The van der Waals surface area contributed by atoms with Crippen molar-refractivity contribution in [2.45, 2.75) is 50.5 Å². The van der Waals surface area contributed by atoms with Crippen molar-refractivity contribution in [1.29, 1.82) is 0 Å². The molecule has 2 aliphatic carbocycles. The van der Waals surface area contributed by atoms with Gasteiger partial charge in [0.2, 0.25) is 5.91 Å². The predicted molar refractivity (Wildman–Crippen MR) is 72.1 cm³/mol. The molecule has 3 rings (SSSR count). The average molecular weight is 243 g/mol. The molecule has 1 N–H and O–H groups in total. The minimum absolute atomic E-state index is 0.0546. The lowest BCUT2D eigenvalue weighted by Crippen LogP contribution is -2.52. The summed E-state index contributed by atoms with van der Waals surface area (Å²) in [7, 11) is 0. The molecule has 1 aromatic carbocycles. The normalized spacial score (nSPS) is 22.4. The van der Waals surface area contributed by atoms with Crippen molar-refractivity contribution in [3.05, 3.63) is 35.9 Å². The number of benzene rings is 1. The second-order valence-electron chi connectivity index (χ2n) is 5.77. The average Bonchev–Trinajstić information content (AvgIpc) is 2.88. The van der Waals surface area contributed by atoms with Crippen LogP contribution in [0.4, 0.5) is 0 Å². The summed E-state index contributed by atoms with van der Waals surface area (Å²) < 4.78 is 0. The highest BCUT2D eigenvalue weighted by Crippen LogP contribution is 2.41. The minimum Gasteiger partial charge on any atom is -0.346 e. The molecule has 96 valence electrons. The summed E-state index contributed by atoms with van der Waals surface area (Å²) in [6, 6.07) is 10.5. The van der Waals surface area contributed by atoms with Crippen molar-refractivity contribution in [3.8, 4) is 0 Å². The summed E-state index contributed by atoms with van der Waals surface area (Å²) >= 11 is 0. The molecule has 1 aromatic rings. The highest BCUT2D eigenvalue weighted by Gasteiger charge is 2.41. The zero-order chi connectivity index (χ0) is 12.4. The van der Waals surface area contributed by atoms with Crippen molar-refractivity contribution in [3.63, 3.8) is 0 Å². The Balaban J connectivity index is 1.74. The fourth-order valence-electron chi connectivity index (χ4n) is 3.30.